The lowest BCUT2D eigenvalue weighted by atomic mass is 10.2. The van der Waals surface area contributed by atoms with Gasteiger partial charge in [-0.25, -0.2) is 4.79 Å². The molecule has 0 fully saturated rings. The maximum atomic E-state index is 10.6. The molecule has 0 atom stereocenters. The molecule has 0 saturated heterocycles. The van der Waals surface area contributed by atoms with Crippen molar-refractivity contribution in [2.24, 2.45) is 0 Å². The Morgan fingerprint density at radius 3 is 2.82 bits per heavy atom. The monoisotopic (exact) mass is 234 g/mol. The van der Waals surface area contributed by atoms with Gasteiger partial charge >= 0.3 is 11.9 Å². The Morgan fingerprint density at radius 2 is 2.18 bits per heavy atom. The average molecular weight is 234 g/mol. The van der Waals surface area contributed by atoms with Crippen LogP contribution in [0.2, 0.25) is 0 Å². The third kappa shape index (κ3) is 2.25. The molecule has 0 saturated carbocycles. The Kier molecular flexibility index (Phi) is 3.04. The molecular weight excluding hydrogens is 224 g/mol. The summed E-state index contributed by atoms with van der Waals surface area (Å²) >= 11 is 0. The number of hydrogen-bond acceptors (Lipinski definition) is 5. The lowest BCUT2D eigenvalue weighted by Crippen LogP contribution is -1.95. The van der Waals surface area contributed by atoms with Crippen LogP contribution in [0.5, 0.6) is 5.75 Å². The highest BCUT2D eigenvalue weighted by Gasteiger charge is 2.16. The van der Waals surface area contributed by atoms with Crippen molar-refractivity contribution in [2.45, 2.75) is 6.92 Å². The van der Waals surface area contributed by atoms with Gasteiger partial charge < -0.3 is 14.3 Å². The van der Waals surface area contributed by atoms with Crippen molar-refractivity contribution in [1.82, 2.24) is 10.2 Å². The molecule has 0 unspecified atom stereocenters. The quantitative estimate of drug-likeness (QED) is 0.868. The van der Waals surface area contributed by atoms with Crippen LogP contribution in [0.15, 0.2) is 28.7 Å². The van der Waals surface area contributed by atoms with Crippen molar-refractivity contribution in [3.05, 3.63) is 30.2 Å². The highest BCUT2D eigenvalue weighted by atomic mass is 16.5. The molecular formula is C11H10N2O4. The number of ether oxygens (including phenoxy) is 1. The van der Waals surface area contributed by atoms with E-state index < -0.39 is 11.9 Å². The number of benzene rings is 1. The number of hydrogen-bond donors (Lipinski definition) is 1. The van der Waals surface area contributed by atoms with E-state index in [2.05, 4.69) is 10.2 Å². The van der Waals surface area contributed by atoms with Crippen molar-refractivity contribution in [3.8, 4) is 17.2 Å². The fourth-order valence-electron chi connectivity index (χ4n) is 1.34. The lowest BCUT2D eigenvalue weighted by molar-refractivity contribution is 0.0654. The molecule has 0 spiro atoms. The van der Waals surface area contributed by atoms with Gasteiger partial charge in [-0.1, -0.05) is 12.1 Å². The van der Waals surface area contributed by atoms with E-state index in [9.17, 15) is 4.79 Å². The molecule has 2 rings (SSSR count). The first-order valence-electron chi connectivity index (χ1n) is 5.01. The summed E-state index contributed by atoms with van der Waals surface area (Å²) in [6.07, 6.45) is 0. The largest absolute Gasteiger partial charge is 0.493 e. The summed E-state index contributed by atoms with van der Waals surface area (Å²) in [6.45, 7) is 2.35. The summed E-state index contributed by atoms with van der Waals surface area (Å²) in [5, 5.41) is 15.8. The van der Waals surface area contributed by atoms with Crippen LogP contribution >= 0.6 is 0 Å². The van der Waals surface area contributed by atoms with E-state index >= 15 is 0 Å². The van der Waals surface area contributed by atoms with Crippen molar-refractivity contribution in [2.75, 3.05) is 6.61 Å². The summed E-state index contributed by atoms with van der Waals surface area (Å²) in [5.74, 6) is -0.981. The fraction of sp³-hybridized carbons (Fsp3) is 0.182. The van der Waals surface area contributed by atoms with Crippen LogP contribution in [-0.2, 0) is 0 Å². The first kappa shape index (κ1) is 11.1. The van der Waals surface area contributed by atoms with Crippen LogP contribution in [0.4, 0.5) is 0 Å². The number of aromatic nitrogens is 2. The zero-order chi connectivity index (χ0) is 12.3. The van der Waals surface area contributed by atoms with Crippen LogP contribution in [0.25, 0.3) is 11.5 Å². The molecule has 0 aliphatic carbocycles. The number of para-hydroxylation sites is 1. The van der Waals surface area contributed by atoms with Crippen molar-refractivity contribution >= 4 is 5.97 Å². The van der Waals surface area contributed by atoms with Crippen molar-refractivity contribution in [3.63, 3.8) is 0 Å². The molecule has 1 aromatic carbocycles. The van der Waals surface area contributed by atoms with Crippen LogP contribution in [0, 0.1) is 0 Å². The molecule has 2 aromatic rings. The third-order valence-corrected chi connectivity index (χ3v) is 2.03. The SMILES string of the molecule is CCOc1ccccc1-c1nnc(C(=O)O)o1. The molecule has 0 amide bonds. The first-order chi connectivity index (χ1) is 8.22. The fourth-order valence-corrected chi connectivity index (χ4v) is 1.34. The molecule has 0 radical (unpaired) electrons. The van der Waals surface area contributed by atoms with E-state index in [4.69, 9.17) is 14.3 Å². The average Bonchev–Trinajstić information content (AvgIpc) is 2.79. The van der Waals surface area contributed by atoms with E-state index in [1.807, 2.05) is 13.0 Å². The van der Waals surface area contributed by atoms with Gasteiger partial charge in [-0.3, -0.25) is 0 Å². The van der Waals surface area contributed by atoms with Gasteiger partial charge in [-0.15, -0.1) is 10.2 Å². The van der Waals surface area contributed by atoms with Crippen LogP contribution < -0.4 is 4.74 Å². The van der Waals surface area contributed by atoms with Gasteiger partial charge in [-0.2, -0.15) is 0 Å². The van der Waals surface area contributed by atoms with Crippen LogP contribution in [0.1, 0.15) is 17.6 Å². The summed E-state index contributed by atoms with van der Waals surface area (Å²) in [7, 11) is 0. The minimum Gasteiger partial charge on any atom is -0.493 e. The lowest BCUT2D eigenvalue weighted by Gasteiger charge is -2.05. The van der Waals surface area contributed by atoms with E-state index in [-0.39, 0.29) is 5.89 Å². The van der Waals surface area contributed by atoms with Crippen molar-refractivity contribution in [1.29, 1.82) is 0 Å². The number of carbonyl (C=O) groups is 1. The number of nitrogens with zero attached hydrogens (tertiary/aromatic N) is 2. The van der Waals surface area contributed by atoms with Gasteiger partial charge in [0.2, 0.25) is 0 Å². The smallest absolute Gasteiger partial charge is 0.393 e. The zero-order valence-corrected chi connectivity index (χ0v) is 9.08. The van der Waals surface area contributed by atoms with Crippen molar-refractivity contribution < 1.29 is 19.1 Å². The van der Waals surface area contributed by atoms with Gasteiger partial charge in [0, 0.05) is 0 Å². The minimum absolute atomic E-state index is 0.131. The summed E-state index contributed by atoms with van der Waals surface area (Å²) < 4.78 is 10.4. The van der Waals surface area contributed by atoms with Crippen LogP contribution in [-0.4, -0.2) is 27.9 Å². The van der Waals surface area contributed by atoms with Gasteiger partial charge in [0.05, 0.1) is 12.2 Å². The summed E-state index contributed by atoms with van der Waals surface area (Å²) in [5.41, 5.74) is 0.578. The second kappa shape index (κ2) is 4.65. The molecule has 1 N–H and O–H groups in total. The Morgan fingerprint density at radius 1 is 1.41 bits per heavy atom. The van der Waals surface area contributed by atoms with Gasteiger partial charge in [0.15, 0.2) is 0 Å². The Balaban J connectivity index is 2.41. The predicted octanol–water partition coefficient (Wildman–Crippen LogP) is 1.83. The van der Waals surface area contributed by atoms with Gasteiger partial charge in [0.25, 0.3) is 5.89 Å². The Hall–Kier alpha value is -2.37. The molecule has 88 valence electrons. The minimum atomic E-state index is -1.25. The number of aromatic carboxylic acids is 1. The highest BCUT2D eigenvalue weighted by Crippen LogP contribution is 2.28. The van der Waals surface area contributed by atoms with E-state index in [0.717, 1.165) is 0 Å². The molecule has 0 aliphatic rings. The molecule has 1 aromatic heterocycles. The van der Waals surface area contributed by atoms with E-state index in [1.165, 1.54) is 0 Å². The molecule has 1 heterocycles. The molecule has 17 heavy (non-hydrogen) atoms. The van der Waals surface area contributed by atoms with Gasteiger partial charge in [0.1, 0.15) is 5.75 Å². The topological polar surface area (TPSA) is 85.5 Å². The number of carboxylic acids is 1. The Labute approximate surface area is 96.9 Å². The standard InChI is InChI=1S/C11H10N2O4/c1-2-16-8-6-4-3-5-7(8)9-12-13-10(17-9)11(14)15/h3-6H,2H2,1H3,(H,14,15). The normalized spacial score (nSPS) is 10.2. The number of carboxylic acid groups (broad SMARTS) is 1. The molecule has 0 aliphatic heterocycles. The zero-order valence-electron chi connectivity index (χ0n) is 9.08. The first-order valence-corrected chi connectivity index (χ1v) is 5.01. The highest BCUT2D eigenvalue weighted by molar-refractivity contribution is 5.82. The second-order valence-corrected chi connectivity index (χ2v) is 3.15. The van der Waals surface area contributed by atoms with Gasteiger partial charge in [-0.05, 0) is 19.1 Å². The molecule has 6 heteroatoms. The van der Waals surface area contributed by atoms with E-state index in [0.29, 0.717) is 17.9 Å². The third-order valence-electron chi connectivity index (χ3n) is 2.03. The number of rotatable bonds is 4. The summed E-state index contributed by atoms with van der Waals surface area (Å²) in [6, 6.07) is 7.07. The predicted molar refractivity (Wildman–Crippen MR) is 57.9 cm³/mol. The second-order valence-electron chi connectivity index (χ2n) is 3.15. The van der Waals surface area contributed by atoms with Crippen LogP contribution in [0.3, 0.4) is 0 Å². The Bertz CT molecular complexity index is 536. The maximum Gasteiger partial charge on any atom is 0.393 e. The maximum absolute atomic E-state index is 10.6. The van der Waals surface area contributed by atoms with E-state index in [1.54, 1.807) is 18.2 Å². The molecule has 0 bridgehead atoms. The molecule has 6 nitrogen and oxygen atoms in total. The summed E-state index contributed by atoms with van der Waals surface area (Å²) in [4.78, 5) is 10.6.